The number of ether oxygens (including phenoxy) is 2. The minimum absolute atomic E-state index is 0.102. The predicted molar refractivity (Wildman–Crippen MR) is 107 cm³/mol. The largest absolute Gasteiger partial charge is 0.491 e. The zero-order valence-corrected chi connectivity index (χ0v) is 17.2. The number of hydrogen-bond acceptors (Lipinski definition) is 4. The zero-order chi connectivity index (χ0) is 19.2. The van der Waals surface area contributed by atoms with E-state index in [2.05, 4.69) is 32.9 Å². The van der Waals surface area contributed by atoms with Gasteiger partial charge in [-0.3, -0.25) is 4.57 Å². The van der Waals surface area contributed by atoms with Crippen LogP contribution >= 0.6 is 7.37 Å². The molecule has 2 aromatic carbocycles. The van der Waals surface area contributed by atoms with Crippen LogP contribution in [0.15, 0.2) is 54.6 Å². The van der Waals surface area contributed by atoms with Crippen LogP contribution in [0.4, 0.5) is 0 Å². The first-order chi connectivity index (χ1) is 12.1. The summed E-state index contributed by atoms with van der Waals surface area (Å²) in [4.78, 5) is 0. The lowest BCUT2D eigenvalue weighted by atomic mass is 9.87. The molecule has 0 aliphatic carbocycles. The van der Waals surface area contributed by atoms with Gasteiger partial charge < -0.3 is 14.0 Å². The normalized spacial score (nSPS) is 13.3. The molecular weight excluding hydrogens is 347 g/mol. The standard InChI is InChI=1S/C21H29O4P/c1-21(2,3)17-11-13-19(14-12-17)24-16-20(25-26(4,5)22)15-23-18-9-7-6-8-10-18/h6-14,20H,15-16H2,1-5H3. The Morgan fingerprint density at radius 2 is 1.35 bits per heavy atom. The van der Waals surface area contributed by atoms with Gasteiger partial charge in [-0.15, -0.1) is 0 Å². The van der Waals surface area contributed by atoms with Crippen molar-refractivity contribution in [3.05, 3.63) is 60.2 Å². The quantitative estimate of drug-likeness (QED) is 0.582. The number of para-hydroxylation sites is 1. The Morgan fingerprint density at radius 1 is 0.846 bits per heavy atom. The van der Waals surface area contributed by atoms with E-state index in [1.54, 1.807) is 13.3 Å². The molecule has 1 unspecified atom stereocenters. The van der Waals surface area contributed by atoms with Crippen LogP contribution in [0.2, 0.25) is 0 Å². The van der Waals surface area contributed by atoms with Crippen LogP contribution in [-0.2, 0) is 14.5 Å². The highest BCUT2D eigenvalue weighted by molar-refractivity contribution is 7.57. The van der Waals surface area contributed by atoms with Crippen molar-refractivity contribution in [1.29, 1.82) is 0 Å². The van der Waals surface area contributed by atoms with Crippen LogP contribution in [0.25, 0.3) is 0 Å². The third-order valence-electron chi connectivity index (χ3n) is 3.74. The molecule has 0 saturated carbocycles. The molecule has 0 aliphatic heterocycles. The first-order valence-corrected chi connectivity index (χ1v) is 11.3. The first kappa shape index (κ1) is 20.5. The van der Waals surface area contributed by atoms with Crippen molar-refractivity contribution >= 4 is 7.37 Å². The molecule has 4 nitrogen and oxygen atoms in total. The van der Waals surface area contributed by atoms with Crippen molar-refractivity contribution in [3.63, 3.8) is 0 Å². The van der Waals surface area contributed by atoms with Gasteiger partial charge in [0.2, 0.25) is 0 Å². The van der Waals surface area contributed by atoms with Crippen LogP contribution in [-0.4, -0.2) is 32.6 Å². The summed E-state index contributed by atoms with van der Waals surface area (Å²) >= 11 is 0. The van der Waals surface area contributed by atoms with Crippen molar-refractivity contribution < 1.29 is 18.6 Å². The average molecular weight is 376 g/mol. The van der Waals surface area contributed by atoms with Gasteiger partial charge in [0, 0.05) is 13.3 Å². The fourth-order valence-corrected chi connectivity index (χ4v) is 3.25. The van der Waals surface area contributed by atoms with Gasteiger partial charge in [0.15, 0.2) is 7.37 Å². The molecule has 2 aromatic rings. The van der Waals surface area contributed by atoms with Crippen LogP contribution in [0.5, 0.6) is 11.5 Å². The fourth-order valence-electron chi connectivity index (χ4n) is 2.41. The first-order valence-electron chi connectivity index (χ1n) is 8.78. The molecule has 0 fully saturated rings. The molecule has 0 amide bonds. The topological polar surface area (TPSA) is 44.8 Å². The summed E-state index contributed by atoms with van der Waals surface area (Å²) in [6.45, 7) is 10.3. The van der Waals surface area contributed by atoms with Crippen LogP contribution in [0.1, 0.15) is 26.3 Å². The lowest BCUT2D eigenvalue weighted by molar-refractivity contribution is 0.0849. The van der Waals surface area contributed by atoms with Crippen molar-refractivity contribution in [3.8, 4) is 11.5 Å². The van der Waals surface area contributed by atoms with Crippen LogP contribution in [0.3, 0.4) is 0 Å². The second kappa shape index (κ2) is 8.75. The summed E-state index contributed by atoms with van der Waals surface area (Å²) in [6.07, 6.45) is -0.418. The van der Waals surface area contributed by atoms with Gasteiger partial charge in [0.1, 0.15) is 30.8 Å². The molecule has 0 saturated heterocycles. The Balaban J connectivity index is 1.96. The summed E-state index contributed by atoms with van der Waals surface area (Å²) in [6, 6.07) is 17.5. The van der Waals surface area contributed by atoms with E-state index < -0.39 is 13.5 Å². The van der Waals surface area contributed by atoms with Crippen LogP contribution < -0.4 is 9.47 Å². The molecular formula is C21H29O4P. The monoisotopic (exact) mass is 376 g/mol. The summed E-state index contributed by atoms with van der Waals surface area (Å²) in [5, 5.41) is 0. The third kappa shape index (κ3) is 7.23. The van der Waals surface area contributed by atoms with E-state index in [9.17, 15) is 4.57 Å². The van der Waals surface area contributed by atoms with Gasteiger partial charge in [-0.05, 0) is 35.2 Å². The number of hydrogen-bond donors (Lipinski definition) is 0. The lowest BCUT2D eigenvalue weighted by Crippen LogP contribution is -2.27. The molecule has 0 aromatic heterocycles. The van der Waals surface area contributed by atoms with Crippen LogP contribution in [0, 0.1) is 0 Å². The van der Waals surface area contributed by atoms with E-state index in [0.29, 0.717) is 0 Å². The van der Waals surface area contributed by atoms with Gasteiger partial charge in [0.05, 0.1) is 0 Å². The fraction of sp³-hybridized carbons (Fsp3) is 0.429. The van der Waals surface area contributed by atoms with Gasteiger partial charge in [0.25, 0.3) is 0 Å². The minimum atomic E-state index is -2.65. The summed E-state index contributed by atoms with van der Waals surface area (Å²) < 4.78 is 29.3. The van der Waals surface area contributed by atoms with Gasteiger partial charge in [-0.1, -0.05) is 51.1 Å². The van der Waals surface area contributed by atoms with E-state index >= 15 is 0 Å². The van der Waals surface area contributed by atoms with E-state index in [1.807, 2.05) is 42.5 Å². The maximum atomic E-state index is 12.1. The van der Waals surface area contributed by atoms with E-state index in [4.69, 9.17) is 14.0 Å². The molecule has 0 N–H and O–H groups in total. The third-order valence-corrected chi connectivity index (χ3v) is 4.54. The van der Waals surface area contributed by atoms with Gasteiger partial charge in [-0.25, -0.2) is 0 Å². The summed E-state index contributed by atoms with van der Waals surface area (Å²) in [5.74, 6) is 1.51. The van der Waals surface area contributed by atoms with E-state index in [1.165, 1.54) is 5.56 Å². The van der Waals surface area contributed by atoms with E-state index in [0.717, 1.165) is 11.5 Å². The Labute approximate surface area is 156 Å². The Morgan fingerprint density at radius 3 is 1.81 bits per heavy atom. The molecule has 0 radical (unpaired) electrons. The number of rotatable bonds is 8. The Bertz CT molecular complexity index is 714. The highest BCUT2D eigenvalue weighted by Gasteiger charge is 2.20. The zero-order valence-electron chi connectivity index (χ0n) is 16.3. The minimum Gasteiger partial charge on any atom is -0.491 e. The molecule has 142 valence electrons. The summed E-state index contributed by atoms with van der Waals surface area (Å²) in [5.41, 5.74) is 1.35. The molecule has 1 atom stereocenters. The predicted octanol–water partition coefficient (Wildman–Crippen LogP) is 5.36. The highest BCUT2D eigenvalue weighted by Crippen LogP contribution is 2.39. The SMILES string of the molecule is CC(C)(C)c1ccc(OCC(COc2ccccc2)OP(C)(C)=O)cc1. The molecule has 0 spiro atoms. The molecule has 26 heavy (non-hydrogen) atoms. The lowest BCUT2D eigenvalue weighted by Gasteiger charge is -2.22. The van der Waals surface area contributed by atoms with E-state index in [-0.39, 0.29) is 18.6 Å². The number of benzene rings is 2. The molecule has 0 aliphatic rings. The average Bonchev–Trinajstić information content (AvgIpc) is 2.57. The maximum absolute atomic E-state index is 12.1. The van der Waals surface area contributed by atoms with Gasteiger partial charge in [-0.2, -0.15) is 0 Å². The van der Waals surface area contributed by atoms with Gasteiger partial charge >= 0.3 is 0 Å². The van der Waals surface area contributed by atoms with Crippen molar-refractivity contribution in [2.24, 2.45) is 0 Å². The molecule has 0 bridgehead atoms. The molecule has 0 heterocycles. The molecule has 2 rings (SSSR count). The van der Waals surface area contributed by atoms with Crippen molar-refractivity contribution in [2.45, 2.75) is 32.3 Å². The highest BCUT2D eigenvalue weighted by atomic mass is 31.2. The Kier molecular flexibility index (Phi) is 6.91. The van der Waals surface area contributed by atoms with Crippen molar-refractivity contribution in [2.75, 3.05) is 26.5 Å². The second-order valence-electron chi connectivity index (χ2n) is 7.69. The van der Waals surface area contributed by atoms with Crippen molar-refractivity contribution in [1.82, 2.24) is 0 Å². The Hall–Kier alpha value is -1.77. The second-order valence-corrected chi connectivity index (χ2v) is 10.4. The molecule has 5 heteroatoms. The summed E-state index contributed by atoms with van der Waals surface area (Å²) in [7, 11) is -2.65. The maximum Gasteiger partial charge on any atom is 0.197 e. The smallest absolute Gasteiger partial charge is 0.197 e.